The Balaban J connectivity index is 1.94. The largest absolute Gasteiger partial charge is 0.394 e. The fourth-order valence-electron chi connectivity index (χ4n) is 2.70. The molecule has 2 saturated heterocycles. The molecule has 2 aliphatic rings. The second-order valence-corrected chi connectivity index (χ2v) is 5.97. The van der Waals surface area contributed by atoms with E-state index in [1.807, 2.05) is 0 Å². The van der Waals surface area contributed by atoms with Gasteiger partial charge in [-0.25, -0.2) is 0 Å². The van der Waals surface area contributed by atoms with Crippen LogP contribution < -0.4 is 5.73 Å². The number of hydrogen-bond donors (Lipinski definition) is 7. The van der Waals surface area contributed by atoms with Gasteiger partial charge < -0.3 is 50.6 Å². The Morgan fingerprint density at radius 3 is 2.09 bits per heavy atom. The predicted octanol–water partition coefficient (Wildman–Crippen LogP) is -4.36. The van der Waals surface area contributed by atoms with Crippen LogP contribution in [0, 0.1) is 0 Å². The van der Waals surface area contributed by atoms with Crippen LogP contribution in [0.3, 0.4) is 0 Å². The highest BCUT2D eigenvalue weighted by Crippen LogP contribution is 2.24. The van der Waals surface area contributed by atoms with E-state index in [9.17, 15) is 25.5 Å². The van der Waals surface area contributed by atoms with Crippen molar-refractivity contribution in [2.24, 2.45) is 5.73 Å². The van der Waals surface area contributed by atoms with Crippen LogP contribution in [-0.4, -0.2) is 105 Å². The monoisotopic (exact) mass is 339 g/mol. The quantitative estimate of drug-likeness (QED) is 0.265. The van der Waals surface area contributed by atoms with Gasteiger partial charge in [0, 0.05) is 0 Å². The second kappa shape index (κ2) is 7.66. The van der Waals surface area contributed by atoms with E-state index in [2.05, 4.69) is 0 Å². The number of aliphatic hydroxyl groups is 6. The van der Waals surface area contributed by atoms with Crippen molar-refractivity contribution in [3.63, 3.8) is 0 Å². The van der Waals surface area contributed by atoms with E-state index >= 15 is 0 Å². The molecule has 8 N–H and O–H groups in total. The molecule has 0 aromatic heterocycles. The topological polar surface area (TPSA) is 175 Å². The van der Waals surface area contributed by atoms with E-state index in [-0.39, 0.29) is 6.61 Å². The van der Waals surface area contributed by atoms with Gasteiger partial charge in [-0.3, -0.25) is 0 Å². The van der Waals surface area contributed by atoms with Crippen molar-refractivity contribution in [1.82, 2.24) is 0 Å². The molecule has 23 heavy (non-hydrogen) atoms. The van der Waals surface area contributed by atoms with Gasteiger partial charge in [0.05, 0.1) is 25.4 Å². The van der Waals surface area contributed by atoms with Crippen molar-refractivity contribution < 1.29 is 44.8 Å². The molecule has 0 radical (unpaired) electrons. The van der Waals surface area contributed by atoms with Gasteiger partial charge in [-0.05, 0) is 6.92 Å². The van der Waals surface area contributed by atoms with Gasteiger partial charge in [0.1, 0.15) is 42.7 Å². The minimum absolute atomic E-state index is 0.252. The molecule has 136 valence electrons. The van der Waals surface area contributed by atoms with Gasteiger partial charge >= 0.3 is 0 Å². The summed E-state index contributed by atoms with van der Waals surface area (Å²) in [6.07, 6.45) is -10.9. The van der Waals surface area contributed by atoms with Crippen molar-refractivity contribution in [3.05, 3.63) is 0 Å². The zero-order chi connectivity index (χ0) is 17.3. The van der Waals surface area contributed by atoms with Gasteiger partial charge in [0.15, 0.2) is 6.29 Å². The summed E-state index contributed by atoms with van der Waals surface area (Å²) >= 11 is 0. The van der Waals surface area contributed by atoms with Crippen molar-refractivity contribution in [3.8, 4) is 0 Å². The van der Waals surface area contributed by atoms with Crippen LogP contribution in [-0.2, 0) is 14.2 Å². The van der Waals surface area contributed by atoms with Crippen LogP contribution in [0.15, 0.2) is 0 Å². The highest BCUT2D eigenvalue weighted by molar-refractivity contribution is 4.93. The number of aliphatic hydroxyl groups excluding tert-OH is 6. The third-order valence-corrected chi connectivity index (χ3v) is 4.33. The summed E-state index contributed by atoms with van der Waals surface area (Å²) < 4.78 is 15.9. The van der Waals surface area contributed by atoms with Crippen LogP contribution in [0.5, 0.6) is 0 Å². The summed E-state index contributed by atoms with van der Waals surface area (Å²) in [5, 5.41) is 58.1. The van der Waals surface area contributed by atoms with Crippen LogP contribution in [0.1, 0.15) is 6.92 Å². The lowest BCUT2D eigenvalue weighted by Gasteiger charge is -2.42. The molecule has 0 saturated carbocycles. The third kappa shape index (κ3) is 3.82. The first-order valence-electron chi connectivity index (χ1n) is 7.47. The van der Waals surface area contributed by atoms with Crippen molar-refractivity contribution >= 4 is 0 Å². The molecular weight excluding hydrogens is 314 g/mol. The summed E-state index contributed by atoms with van der Waals surface area (Å²) in [5.41, 5.74) is 5.68. The molecule has 10 nitrogen and oxygen atoms in total. The summed E-state index contributed by atoms with van der Waals surface area (Å²) in [6.45, 7) is 0.816. The smallest absolute Gasteiger partial charge is 0.186 e. The zero-order valence-corrected chi connectivity index (χ0v) is 12.7. The first-order valence-corrected chi connectivity index (χ1v) is 7.47. The highest BCUT2D eigenvalue weighted by atomic mass is 16.7. The molecule has 0 bridgehead atoms. The summed E-state index contributed by atoms with van der Waals surface area (Å²) in [5.74, 6) is 0. The zero-order valence-electron chi connectivity index (χ0n) is 12.7. The molecule has 2 fully saturated rings. The Bertz CT molecular complexity index is 384. The fraction of sp³-hybridized carbons (Fsp3) is 1.00. The molecule has 6 unspecified atom stereocenters. The van der Waals surface area contributed by atoms with Gasteiger partial charge in [-0.15, -0.1) is 0 Å². The lowest BCUT2D eigenvalue weighted by Crippen LogP contribution is -2.62. The Hall–Kier alpha value is -0.400. The van der Waals surface area contributed by atoms with E-state index in [1.54, 1.807) is 6.92 Å². The summed E-state index contributed by atoms with van der Waals surface area (Å²) in [7, 11) is 0. The van der Waals surface area contributed by atoms with E-state index in [4.69, 9.17) is 25.1 Å². The second-order valence-electron chi connectivity index (χ2n) is 5.97. The van der Waals surface area contributed by atoms with Gasteiger partial charge in [-0.1, -0.05) is 0 Å². The molecule has 0 aromatic carbocycles. The van der Waals surface area contributed by atoms with Crippen molar-refractivity contribution in [2.75, 3.05) is 13.2 Å². The molecule has 2 rings (SSSR count). The maximum Gasteiger partial charge on any atom is 0.186 e. The van der Waals surface area contributed by atoms with Crippen LogP contribution in [0.2, 0.25) is 0 Å². The van der Waals surface area contributed by atoms with Crippen LogP contribution in [0.25, 0.3) is 0 Å². The first-order chi connectivity index (χ1) is 10.8. The Kier molecular flexibility index (Phi) is 6.30. The summed E-state index contributed by atoms with van der Waals surface area (Å²) in [4.78, 5) is 0. The third-order valence-electron chi connectivity index (χ3n) is 4.33. The maximum atomic E-state index is 9.95. The van der Waals surface area contributed by atoms with E-state index in [0.29, 0.717) is 0 Å². The number of hydrogen-bond acceptors (Lipinski definition) is 10. The number of ether oxygens (including phenoxy) is 3. The lowest BCUT2D eigenvalue weighted by atomic mass is 9.94. The average molecular weight is 339 g/mol. The molecule has 10 heteroatoms. The SMILES string of the molecule is C[C@H]1OC(CO[C@H]2OC(CO)[C@H](O)C(O)C2O)[C@@H](O)C(O)C1N. The minimum Gasteiger partial charge on any atom is -0.394 e. The molecule has 10 atom stereocenters. The van der Waals surface area contributed by atoms with E-state index < -0.39 is 67.8 Å². The first kappa shape index (κ1) is 18.9. The van der Waals surface area contributed by atoms with Crippen molar-refractivity contribution in [1.29, 1.82) is 0 Å². The molecule has 0 spiro atoms. The summed E-state index contributed by atoms with van der Waals surface area (Å²) in [6, 6.07) is -0.742. The molecule has 0 amide bonds. The molecule has 0 aromatic rings. The maximum absolute atomic E-state index is 9.95. The Morgan fingerprint density at radius 2 is 1.48 bits per heavy atom. The highest BCUT2D eigenvalue weighted by Gasteiger charge is 2.46. The fourth-order valence-corrected chi connectivity index (χ4v) is 2.70. The van der Waals surface area contributed by atoms with Gasteiger partial charge in [0.25, 0.3) is 0 Å². The average Bonchev–Trinajstić information content (AvgIpc) is 2.54. The molecular formula is C13H25NO9. The van der Waals surface area contributed by atoms with Gasteiger partial charge in [-0.2, -0.15) is 0 Å². The van der Waals surface area contributed by atoms with Crippen LogP contribution >= 0.6 is 0 Å². The van der Waals surface area contributed by atoms with E-state index in [1.165, 1.54) is 0 Å². The predicted molar refractivity (Wildman–Crippen MR) is 74.0 cm³/mol. The van der Waals surface area contributed by atoms with E-state index in [0.717, 1.165) is 0 Å². The number of rotatable bonds is 4. The molecule has 0 aliphatic carbocycles. The number of nitrogens with two attached hydrogens (primary N) is 1. The minimum atomic E-state index is -1.55. The van der Waals surface area contributed by atoms with Crippen molar-refractivity contribution in [2.45, 2.75) is 68.1 Å². The molecule has 2 heterocycles. The van der Waals surface area contributed by atoms with Gasteiger partial charge in [0.2, 0.25) is 0 Å². The Labute approximate surface area is 133 Å². The molecule has 2 aliphatic heterocycles. The van der Waals surface area contributed by atoms with Crippen LogP contribution in [0.4, 0.5) is 0 Å². The normalized spacial score (nSPS) is 51.7. The Morgan fingerprint density at radius 1 is 0.870 bits per heavy atom. The lowest BCUT2D eigenvalue weighted by molar-refractivity contribution is -0.311. The standard InChI is InChI=1S/C13H25NO9/c1-4-7(14)10(18)9(17)6(22-4)3-21-13-12(20)11(19)8(16)5(2-15)23-13/h4-13,15-20H,2-3,14H2,1H3/t4-,5?,6?,7?,8+,9-,10?,11?,12?,13+/m1/s1.